The minimum Gasteiger partial charge on any atom is -0.372 e. The first-order valence-corrected chi connectivity index (χ1v) is 13.0. The van der Waals surface area contributed by atoms with Crippen LogP contribution in [0.5, 0.6) is 0 Å². The van der Waals surface area contributed by atoms with Crippen LogP contribution in [0.3, 0.4) is 0 Å². The molecule has 2 aromatic carbocycles. The number of rotatable bonds is 7. The minimum atomic E-state index is -3.16. The lowest BCUT2D eigenvalue weighted by Crippen LogP contribution is -2.46. The highest BCUT2D eigenvalue weighted by molar-refractivity contribution is 7.91. The lowest BCUT2D eigenvalue weighted by atomic mass is 9.97. The van der Waals surface area contributed by atoms with Crippen LogP contribution in [0.15, 0.2) is 36.4 Å². The van der Waals surface area contributed by atoms with Crippen molar-refractivity contribution in [1.82, 2.24) is 0 Å². The molecule has 0 bridgehead atoms. The molecule has 0 N–H and O–H groups in total. The van der Waals surface area contributed by atoms with E-state index in [1.165, 1.54) is 16.8 Å². The van der Waals surface area contributed by atoms with E-state index in [0.29, 0.717) is 17.5 Å². The van der Waals surface area contributed by atoms with Crippen LogP contribution in [0, 0.1) is 13.8 Å². The van der Waals surface area contributed by atoms with E-state index in [9.17, 15) is 13.2 Å². The van der Waals surface area contributed by atoms with Gasteiger partial charge in [0.1, 0.15) is 0 Å². The highest BCUT2D eigenvalue weighted by atomic mass is 32.2. The largest absolute Gasteiger partial charge is 0.372 e. The fourth-order valence-corrected chi connectivity index (χ4v) is 5.47. The Hall–Kier alpha value is -2.18. The van der Waals surface area contributed by atoms with Crippen molar-refractivity contribution in [3.05, 3.63) is 64.2 Å². The Morgan fingerprint density at radius 3 is 2.03 bits per heavy atom. The third-order valence-corrected chi connectivity index (χ3v) is 8.19. The van der Waals surface area contributed by atoms with E-state index in [2.05, 4.69) is 44.7 Å². The molecule has 6 heteroatoms. The van der Waals surface area contributed by atoms with Crippen molar-refractivity contribution in [1.29, 1.82) is 0 Å². The molecule has 174 valence electrons. The number of sulfone groups is 1. The third-order valence-electron chi connectivity index (χ3n) is 6.01. The van der Waals surface area contributed by atoms with Gasteiger partial charge >= 0.3 is 0 Å². The quantitative estimate of drug-likeness (QED) is 0.566. The summed E-state index contributed by atoms with van der Waals surface area (Å²) in [4.78, 5) is 15.3. The first-order valence-electron chi connectivity index (χ1n) is 11.3. The highest BCUT2D eigenvalue weighted by Gasteiger charge is 2.25. The van der Waals surface area contributed by atoms with E-state index < -0.39 is 15.1 Å². The summed E-state index contributed by atoms with van der Waals surface area (Å²) in [5, 5.41) is -0.415. The standard InChI is InChI=1S/C26H35NO4S/c1-17(2)32(29,30)16-22-7-9-24(10-8-22)25(28)13-23-11-18(3)26(19(4)12-23)27-14-20(5)31-21(6)15-27/h7-12,17,20-21H,13-16H2,1-6H3/t20-,21+. The van der Waals surface area contributed by atoms with Crippen LogP contribution in [0.1, 0.15) is 60.3 Å². The maximum atomic E-state index is 12.9. The van der Waals surface area contributed by atoms with E-state index >= 15 is 0 Å². The number of anilines is 1. The van der Waals surface area contributed by atoms with Gasteiger partial charge in [-0.3, -0.25) is 4.79 Å². The number of morpholine rings is 1. The molecule has 5 nitrogen and oxygen atoms in total. The summed E-state index contributed by atoms with van der Waals surface area (Å²) in [6.45, 7) is 13.5. The number of benzene rings is 2. The Labute approximate surface area is 192 Å². The predicted octanol–water partition coefficient (Wildman–Crippen LogP) is 4.67. The van der Waals surface area contributed by atoms with Gasteiger partial charge in [-0.2, -0.15) is 0 Å². The Morgan fingerprint density at radius 2 is 1.53 bits per heavy atom. The number of Topliss-reactive ketones (excluding diaryl/α,β-unsaturated/α-hetero) is 1. The monoisotopic (exact) mass is 457 g/mol. The molecule has 0 aromatic heterocycles. The van der Waals surface area contributed by atoms with Gasteiger partial charge in [-0.05, 0) is 63.8 Å². The molecule has 32 heavy (non-hydrogen) atoms. The molecule has 3 rings (SSSR count). The minimum absolute atomic E-state index is 0.00222. The summed E-state index contributed by atoms with van der Waals surface area (Å²) in [6.07, 6.45) is 0.705. The molecule has 0 spiro atoms. The number of aryl methyl sites for hydroxylation is 2. The van der Waals surface area contributed by atoms with E-state index in [-0.39, 0.29) is 23.7 Å². The zero-order chi connectivity index (χ0) is 23.6. The number of carbonyl (C=O) groups excluding carboxylic acids is 1. The normalized spacial score (nSPS) is 19.4. The van der Waals surface area contributed by atoms with Crippen LogP contribution >= 0.6 is 0 Å². The van der Waals surface area contributed by atoms with Crippen molar-refractivity contribution in [2.75, 3.05) is 18.0 Å². The Kier molecular flexibility index (Phi) is 7.46. The average molecular weight is 458 g/mol. The number of carbonyl (C=O) groups is 1. The zero-order valence-electron chi connectivity index (χ0n) is 20.0. The summed E-state index contributed by atoms with van der Waals surface area (Å²) < 4.78 is 30.1. The smallest absolute Gasteiger partial charge is 0.167 e. The molecule has 1 heterocycles. The summed E-state index contributed by atoms with van der Waals surface area (Å²) >= 11 is 0. The van der Waals surface area contributed by atoms with Crippen LogP contribution in [0.2, 0.25) is 0 Å². The maximum Gasteiger partial charge on any atom is 0.167 e. The zero-order valence-corrected chi connectivity index (χ0v) is 20.8. The third kappa shape index (κ3) is 5.78. The van der Waals surface area contributed by atoms with Crippen LogP contribution in [-0.2, 0) is 26.7 Å². The molecule has 2 aromatic rings. The van der Waals surface area contributed by atoms with Gasteiger partial charge in [0.05, 0.1) is 23.2 Å². The molecule has 0 amide bonds. The summed E-state index contributed by atoms with van der Waals surface area (Å²) in [7, 11) is -3.16. The fourth-order valence-electron chi connectivity index (χ4n) is 4.48. The van der Waals surface area contributed by atoms with Crippen LogP contribution in [0.25, 0.3) is 0 Å². The molecule has 1 saturated heterocycles. The topological polar surface area (TPSA) is 63.7 Å². The molecular weight excluding hydrogens is 422 g/mol. The molecule has 0 saturated carbocycles. The van der Waals surface area contributed by atoms with E-state index in [1.807, 2.05) is 0 Å². The van der Waals surface area contributed by atoms with Crippen molar-refractivity contribution >= 4 is 21.3 Å². The highest BCUT2D eigenvalue weighted by Crippen LogP contribution is 2.29. The number of ketones is 1. The number of hydrogen-bond acceptors (Lipinski definition) is 5. The van der Waals surface area contributed by atoms with Crippen molar-refractivity contribution < 1.29 is 17.9 Å². The van der Waals surface area contributed by atoms with Crippen LogP contribution < -0.4 is 4.90 Å². The van der Waals surface area contributed by atoms with Gasteiger partial charge in [-0.25, -0.2) is 8.42 Å². The maximum absolute atomic E-state index is 12.9. The predicted molar refractivity (Wildman–Crippen MR) is 130 cm³/mol. The fraction of sp³-hybridized carbons (Fsp3) is 0.500. The summed E-state index contributed by atoms with van der Waals surface area (Å²) in [5.74, 6) is 0.0287. The van der Waals surface area contributed by atoms with E-state index in [1.54, 1.807) is 38.1 Å². The van der Waals surface area contributed by atoms with Crippen molar-refractivity contribution in [2.45, 2.75) is 71.2 Å². The van der Waals surface area contributed by atoms with Crippen molar-refractivity contribution in [2.24, 2.45) is 0 Å². The Morgan fingerprint density at radius 1 is 1.00 bits per heavy atom. The van der Waals surface area contributed by atoms with Crippen molar-refractivity contribution in [3.63, 3.8) is 0 Å². The number of nitrogens with zero attached hydrogens (tertiary/aromatic N) is 1. The molecule has 0 radical (unpaired) electrons. The first kappa shape index (κ1) is 24.5. The van der Waals surface area contributed by atoms with Gasteiger partial charge in [0.2, 0.25) is 0 Å². The molecule has 2 atom stereocenters. The average Bonchev–Trinajstić information content (AvgIpc) is 2.66. The first-order chi connectivity index (χ1) is 15.0. The van der Waals surface area contributed by atoms with Gasteiger partial charge in [0, 0.05) is 30.8 Å². The Bertz CT molecular complexity index is 1040. The molecule has 1 aliphatic heterocycles. The Balaban J connectivity index is 1.73. The summed E-state index contributed by atoms with van der Waals surface area (Å²) in [6, 6.07) is 11.2. The lowest BCUT2D eigenvalue weighted by molar-refractivity contribution is -0.00527. The number of ether oxygens (including phenoxy) is 1. The summed E-state index contributed by atoms with van der Waals surface area (Å²) in [5.41, 5.74) is 5.88. The van der Waals surface area contributed by atoms with Crippen LogP contribution in [0.4, 0.5) is 5.69 Å². The van der Waals surface area contributed by atoms with E-state index in [4.69, 9.17) is 4.74 Å². The van der Waals surface area contributed by atoms with Crippen LogP contribution in [-0.4, -0.2) is 44.7 Å². The number of hydrogen-bond donors (Lipinski definition) is 0. The molecule has 1 fully saturated rings. The second-order valence-corrected chi connectivity index (χ2v) is 12.0. The SMILES string of the molecule is Cc1cc(CC(=O)c2ccc(CS(=O)(=O)C(C)C)cc2)cc(C)c1N1C[C@@H](C)O[C@@H](C)C1. The second-order valence-electron chi connectivity index (χ2n) is 9.39. The molecular formula is C26H35NO4S. The molecule has 0 aliphatic carbocycles. The van der Waals surface area contributed by atoms with Gasteiger partial charge in [-0.1, -0.05) is 36.4 Å². The van der Waals surface area contributed by atoms with Gasteiger partial charge in [0.25, 0.3) is 0 Å². The second kappa shape index (κ2) is 9.75. The molecule has 0 unspecified atom stereocenters. The van der Waals surface area contributed by atoms with Gasteiger partial charge < -0.3 is 9.64 Å². The van der Waals surface area contributed by atoms with E-state index in [0.717, 1.165) is 18.7 Å². The molecule has 1 aliphatic rings. The van der Waals surface area contributed by atoms with Gasteiger partial charge in [0.15, 0.2) is 15.6 Å². The lowest BCUT2D eigenvalue weighted by Gasteiger charge is -2.38. The van der Waals surface area contributed by atoms with Crippen molar-refractivity contribution in [3.8, 4) is 0 Å². The van der Waals surface area contributed by atoms with Gasteiger partial charge in [-0.15, -0.1) is 0 Å².